The van der Waals surface area contributed by atoms with Gasteiger partial charge in [-0.15, -0.1) is 0 Å². The molecule has 142 valence electrons. The molecule has 1 heterocycles. The van der Waals surface area contributed by atoms with Gasteiger partial charge >= 0.3 is 0 Å². The van der Waals surface area contributed by atoms with Gasteiger partial charge in [0.2, 0.25) is 5.91 Å². The molecule has 5 heteroatoms. The molecule has 0 spiro atoms. The topological polar surface area (TPSA) is 76.6 Å². The molecular formula is C22H28N3O2+. The number of hydrogen-bond acceptors (Lipinski definition) is 2. The zero-order valence-corrected chi connectivity index (χ0v) is 16.0. The predicted molar refractivity (Wildman–Crippen MR) is 106 cm³/mol. The number of quaternary nitrogens is 1. The fourth-order valence-electron chi connectivity index (χ4n) is 4.08. The quantitative estimate of drug-likeness (QED) is 0.754. The minimum absolute atomic E-state index is 0.0497. The van der Waals surface area contributed by atoms with Gasteiger partial charge in [-0.1, -0.05) is 36.4 Å². The highest BCUT2D eigenvalue weighted by atomic mass is 16.2. The Bertz CT molecular complexity index is 799. The van der Waals surface area contributed by atoms with Crippen molar-refractivity contribution in [3.63, 3.8) is 0 Å². The second-order valence-electron chi connectivity index (χ2n) is 7.56. The summed E-state index contributed by atoms with van der Waals surface area (Å²) in [6.07, 6.45) is 1.70. The Hall–Kier alpha value is -2.66. The van der Waals surface area contributed by atoms with Gasteiger partial charge in [0.05, 0.1) is 19.0 Å². The van der Waals surface area contributed by atoms with Gasteiger partial charge in [-0.05, 0) is 49.9 Å². The number of primary amides is 1. The minimum atomic E-state index is -0.367. The SMILES string of the molecule is Cc1cc(C)cc(NC(=O)[C@H](c2ccccc2)[NH+]2CCC[C@H](C(N)=O)C2)c1. The number of rotatable bonds is 5. The molecule has 2 aromatic rings. The normalized spacial score (nSPS) is 20.7. The van der Waals surface area contributed by atoms with Gasteiger partial charge in [0.15, 0.2) is 6.04 Å². The van der Waals surface area contributed by atoms with Crippen molar-refractivity contribution >= 4 is 17.5 Å². The van der Waals surface area contributed by atoms with E-state index in [4.69, 9.17) is 5.73 Å². The van der Waals surface area contributed by atoms with Crippen LogP contribution in [-0.2, 0) is 9.59 Å². The van der Waals surface area contributed by atoms with E-state index < -0.39 is 0 Å². The van der Waals surface area contributed by atoms with E-state index in [0.29, 0.717) is 6.54 Å². The molecule has 3 atom stereocenters. The summed E-state index contributed by atoms with van der Waals surface area (Å²) in [6, 6.07) is 15.5. The lowest BCUT2D eigenvalue weighted by atomic mass is 9.94. The molecule has 1 fully saturated rings. The zero-order valence-electron chi connectivity index (χ0n) is 16.0. The molecule has 4 N–H and O–H groups in total. The van der Waals surface area contributed by atoms with E-state index in [-0.39, 0.29) is 23.8 Å². The van der Waals surface area contributed by atoms with E-state index in [0.717, 1.165) is 46.7 Å². The van der Waals surface area contributed by atoms with Crippen molar-refractivity contribution in [3.8, 4) is 0 Å². The Kier molecular flexibility index (Phi) is 5.91. The minimum Gasteiger partial charge on any atom is -0.369 e. The maximum absolute atomic E-state index is 13.3. The number of hydrogen-bond donors (Lipinski definition) is 3. The maximum Gasteiger partial charge on any atom is 0.287 e. The van der Waals surface area contributed by atoms with Crippen LogP contribution in [0.15, 0.2) is 48.5 Å². The molecular weight excluding hydrogens is 338 g/mol. The molecule has 3 rings (SSSR count). The smallest absolute Gasteiger partial charge is 0.287 e. The highest BCUT2D eigenvalue weighted by Gasteiger charge is 2.37. The number of anilines is 1. The van der Waals surface area contributed by atoms with Crippen molar-refractivity contribution in [1.82, 2.24) is 0 Å². The van der Waals surface area contributed by atoms with Crippen LogP contribution in [0, 0.1) is 19.8 Å². The largest absolute Gasteiger partial charge is 0.369 e. The summed E-state index contributed by atoms with van der Waals surface area (Å²) in [5.41, 5.74) is 9.54. The fraction of sp³-hybridized carbons (Fsp3) is 0.364. The van der Waals surface area contributed by atoms with Crippen LogP contribution in [0.3, 0.4) is 0 Å². The number of benzene rings is 2. The van der Waals surface area contributed by atoms with Crippen LogP contribution < -0.4 is 16.0 Å². The van der Waals surface area contributed by atoms with Crippen LogP contribution >= 0.6 is 0 Å². The average molecular weight is 366 g/mol. The number of nitrogens with one attached hydrogen (secondary N) is 2. The molecule has 1 saturated heterocycles. The third-order valence-corrected chi connectivity index (χ3v) is 5.25. The summed E-state index contributed by atoms with van der Waals surface area (Å²) < 4.78 is 0. The molecule has 2 amide bonds. The Morgan fingerprint density at radius 2 is 1.78 bits per heavy atom. The van der Waals surface area contributed by atoms with Crippen LogP contribution in [0.2, 0.25) is 0 Å². The van der Waals surface area contributed by atoms with Gasteiger partial charge in [-0.2, -0.15) is 0 Å². The molecule has 0 aliphatic carbocycles. The van der Waals surface area contributed by atoms with Crippen molar-refractivity contribution in [1.29, 1.82) is 0 Å². The summed E-state index contributed by atoms with van der Waals surface area (Å²) in [6.45, 7) is 5.48. The fourth-order valence-corrected chi connectivity index (χ4v) is 4.08. The van der Waals surface area contributed by atoms with E-state index in [2.05, 4.69) is 11.4 Å². The third kappa shape index (κ3) is 4.74. The van der Waals surface area contributed by atoms with Gasteiger partial charge in [0.25, 0.3) is 5.91 Å². The summed E-state index contributed by atoms with van der Waals surface area (Å²) in [5, 5.41) is 3.09. The van der Waals surface area contributed by atoms with Crippen molar-refractivity contribution < 1.29 is 14.5 Å². The van der Waals surface area contributed by atoms with E-state index >= 15 is 0 Å². The Balaban J connectivity index is 1.87. The summed E-state index contributed by atoms with van der Waals surface area (Å²) in [4.78, 5) is 26.1. The van der Waals surface area contributed by atoms with Crippen LogP contribution in [-0.4, -0.2) is 24.9 Å². The maximum atomic E-state index is 13.3. The van der Waals surface area contributed by atoms with Gasteiger partial charge in [0, 0.05) is 11.3 Å². The first kappa shape index (κ1) is 19.1. The van der Waals surface area contributed by atoms with Gasteiger partial charge in [-0.25, -0.2) is 0 Å². The lowest BCUT2D eigenvalue weighted by molar-refractivity contribution is -0.928. The van der Waals surface area contributed by atoms with Crippen LogP contribution in [0.4, 0.5) is 5.69 Å². The molecule has 0 aromatic heterocycles. The first-order valence-corrected chi connectivity index (χ1v) is 9.52. The average Bonchev–Trinajstić information content (AvgIpc) is 2.62. The highest BCUT2D eigenvalue weighted by Crippen LogP contribution is 2.18. The van der Waals surface area contributed by atoms with Gasteiger partial charge < -0.3 is 16.0 Å². The molecule has 1 aliphatic heterocycles. The number of amides is 2. The number of aryl methyl sites for hydroxylation is 2. The number of nitrogens with two attached hydrogens (primary N) is 1. The monoisotopic (exact) mass is 366 g/mol. The second-order valence-corrected chi connectivity index (χ2v) is 7.56. The Morgan fingerprint density at radius 3 is 2.41 bits per heavy atom. The summed E-state index contributed by atoms with van der Waals surface area (Å²) in [7, 11) is 0. The molecule has 1 unspecified atom stereocenters. The predicted octanol–water partition coefficient (Wildman–Crippen LogP) is 1.76. The molecule has 5 nitrogen and oxygen atoms in total. The van der Waals surface area contributed by atoms with Crippen LogP contribution in [0.1, 0.15) is 35.6 Å². The van der Waals surface area contributed by atoms with Crippen molar-refractivity contribution in [2.45, 2.75) is 32.7 Å². The van der Waals surface area contributed by atoms with Crippen molar-refractivity contribution in [2.75, 3.05) is 18.4 Å². The van der Waals surface area contributed by atoms with Crippen molar-refractivity contribution in [2.24, 2.45) is 11.7 Å². The lowest BCUT2D eigenvalue weighted by Gasteiger charge is -2.33. The Morgan fingerprint density at radius 1 is 1.11 bits per heavy atom. The molecule has 27 heavy (non-hydrogen) atoms. The number of likely N-dealkylation sites (tertiary alicyclic amines) is 1. The molecule has 0 radical (unpaired) electrons. The first-order chi connectivity index (χ1) is 12.9. The second kappa shape index (κ2) is 8.35. The molecule has 0 saturated carbocycles. The number of carbonyl (C=O) groups is 2. The first-order valence-electron chi connectivity index (χ1n) is 9.52. The molecule has 0 bridgehead atoms. The van der Waals surface area contributed by atoms with E-state index in [1.165, 1.54) is 0 Å². The van der Waals surface area contributed by atoms with Crippen molar-refractivity contribution in [3.05, 3.63) is 65.2 Å². The van der Waals surface area contributed by atoms with Crippen LogP contribution in [0.25, 0.3) is 0 Å². The summed E-state index contributed by atoms with van der Waals surface area (Å²) in [5.74, 6) is -0.492. The van der Waals surface area contributed by atoms with E-state index in [9.17, 15) is 9.59 Å². The highest BCUT2D eigenvalue weighted by molar-refractivity contribution is 5.94. The zero-order chi connectivity index (χ0) is 19.4. The van der Waals surface area contributed by atoms with E-state index in [1.54, 1.807) is 0 Å². The standard InChI is InChI=1S/C22H27N3O2/c1-15-11-16(2)13-19(12-15)24-22(27)20(17-7-4-3-5-8-17)25-10-6-9-18(14-25)21(23)26/h3-5,7-8,11-13,18,20H,6,9-10,14H2,1-2H3,(H2,23,26)(H,24,27)/p+1/t18-,20-/m0/s1. The van der Waals surface area contributed by atoms with E-state index in [1.807, 2.05) is 56.3 Å². The van der Waals surface area contributed by atoms with Gasteiger partial charge in [-0.3, -0.25) is 9.59 Å². The molecule has 2 aromatic carbocycles. The van der Waals surface area contributed by atoms with Gasteiger partial charge in [0.1, 0.15) is 0 Å². The van der Waals surface area contributed by atoms with Crippen LogP contribution in [0.5, 0.6) is 0 Å². The number of carbonyl (C=O) groups excluding carboxylic acids is 2. The molecule has 1 aliphatic rings. The lowest BCUT2D eigenvalue weighted by Crippen LogP contribution is -3.15. The summed E-state index contributed by atoms with van der Waals surface area (Å²) >= 11 is 0. The third-order valence-electron chi connectivity index (χ3n) is 5.25. The number of piperidine rings is 1. The Labute approximate surface area is 160 Å².